The quantitative estimate of drug-likeness (QED) is 0.795. The topological polar surface area (TPSA) is 39.9 Å². The molecule has 0 radical (unpaired) electrons. The number of alkyl halides is 1. The van der Waals surface area contributed by atoms with E-state index in [0.29, 0.717) is 12.5 Å². The van der Waals surface area contributed by atoms with Crippen LogP contribution in [0.25, 0.3) is 11.2 Å². The highest BCUT2D eigenvalue weighted by Gasteiger charge is 2.35. The molecule has 1 atom stereocenters. The van der Waals surface area contributed by atoms with Crippen molar-refractivity contribution in [1.29, 1.82) is 0 Å². The molecule has 1 fully saturated rings. The molecule has 0 aromatic carbocycles. The number of hydrogen-bond donors (Lipinski definition) is 0. The minimum atomic E-state index is -0.0974. The van der Waals surface area contributed by atoms with Crippen molar-refractivity contribution in [3.8, 4) is 0 Å². The Morgan fingerprint density at radius 2 is 2.44 bits per heavy atom. The van der Waals surface area contributed by atoms with E-state index in [2.05, 4.69) is 37.4 Å². The molecule has 4 nitrogen and oxygen atoms in total. The van der Waals surface area contributed by atoms with Gasteiger partial charge in [0.05, 0.1) is 18.0 Å². The van der Waals surface area contributed by atoms with Gasteiger partial charge in [-0.1, -0.05) is 0 Å². The number of hydrogen-bond acceptors (Lipinski definition) is 3. The summed E-state index contributed by atoms with van der Waals surface area (Å²) in [6.07, 6.45) is 2.75. The summed E-state index contributed by atoms with van der Waals surface area (Å²) < 4.78 is 8.59. The standard InChI is InChI=1S/C12H13BrClN3O/c1-12(2-3-18-7-12)17-10(5-14)16-9-4-8(13)6-15-11(9)17/h4,6H,2-3,5,7H2,1H3. The van der Waals surface area contributed by atoms with Crippen LogP contribution in [0.2, 0.25) is 0 Å². The number of imidazole rings is 1. The molecular formula is C12H13BrClN3O. The lowest BCUT2D eigenvalue weighted by Crippen LogP contribution is -2.32. The number of pyridine rings is 1. The van der Waals surface area contributed by atoms with Gasteiger partial charge in [0.25, 0.3) is 0 Å². The molecule has 0 bridgehead atoms. The minimum Gasteiger partial charge on any atom is -0.379 e. The van der Waals surface area contributed by atoms with Crippen LogP contribution in [0.3, 0.4) is 0 Å². The molecule has 2 aromatic rings. The lowest BCUT2D eigenvalue weighted by molar-refractivity contribution is 0.162. The van der Waals surface area contributed by atoms with Crippen LogP contribution >= 0.6 is 27.5 Å². The molecule has 0 N–H and O–H groups in total. The zero-order valence-corrected chi connectivity index (χ0v) is 12.3. The molecule has 1 aliphatic heterocycles. The van der Waals surface area contributed by atoms with Gasteiger partial charge < -0.3 is 9.30 Å². The largest absolute Gasteiger partial charge is 0.379 e. The maximum absolute atomic E-state index is 6.02. The van der Waals surface area contributed by atoms with Crippen LogP contribution in [0.15, 0.2) is 16.7 Å². The van der Waals surface area contributed by atoms with E-state index in [-0.39, 0.29) is 5.54 Å². The summed E-state index contributed by atoms with van der Waals surface area (Å²) in [4.78, 5) is 9.04. The second-order valence-electron chi connectivity index (χ2n) is 4.79. The molecule has 3 rings (SSSR count). The Kier molecular flexibility index (Phi) is 3.08. The van der Waals surface area contributed by atoms with Gasteiger partial charge in [0.1, 0.15) is 11.3 Å². The first-order chi connectivity index (χ1) is 8.64. The van der Waals surface area contributed by atoms with E-state index in [0.717, 1.165) is 34.5 Å². The van der Waals surface area contributed by atoms with Gasteiger partial charge in [-0.25, -0.2) is 9.97 Å². The van der Waals surface area contributed by atoms with Crippen LogP contribution in [-0.4, -0.2) is 27.7 Å². The third-order valence-electron chi connectivity index (χ3n) is 3.39. The summed E-state index contributed by atoms with van der Waals surface area (Å²) in [5.74, 6) is 1.23. The van der Waals surface area contributed by atoms with Gasteiger partial charge >= 0.3 is 0 Å². The Hall–Kier alpha value is -0.650. The zero-order valence-electron chi connectivity index (χ0n) is 9.99. The molecule has 1 aliphatic rings. The molecule has 96 valence electrons. The van der Waals surface area contributed by atoms with Gasteiger partial charge in [-0.05, 0) is 35.3 Å². The van der Waals surface area contributed by atoms with Crippen LogP contribution in [0, 0.1) is 0 Å². The molecule has 18 heavy (non-hydrogen) atoms. The fourth-order valence-electron chi connectivity index (χ4n) is 2.48. The van der Waals surface area contributed by atoms with Crippen molar-refractivity contribution in [2.75, 3.05) is 13.2 Å². The second-order valence-corrected chi connectivity index (χ2v) is 5.98. The van der Waals surface area contributed by atoms with Crippen molar-refractivity contribution in [2.45, 2.75) is 24.8 Å². The van der Waals surface area contributed by atoms with E-state index in [4.69, 9.17) is 16.3 Å². The Bertz CT molecular complexity index is 592. The fraction of sp³-hybridized carbons (Fsp3) is 0.500. The van der Waals surface area contributed by atoms with Crippen molar-refractivity contribution >= 4 is 38.7 Å². The van der Waals surface area contributed by atoms with Crippen LogP contribution in [-0.2, 0) is 16.2 Å². The average Bonchev–Trinajstić information content (AvgIpc) is 2.92. The minimum absolute atomic E-state index is 0.0974. The molecule has 0 amide bonds. The number of nitrogens with zero attached hydrogens (tertiary/aromatic N) is 3. The molecule has 0 saturated carbocycles. The molecule has 2 aromatic heterocycles. The van der Waals surface area contributed by atoms with Gasteiger partial charge in [0.15, 0.2) is 5.65 Å². The molecule has 0 aliphatic carbocycles. The summed E-state index contributed by atoms with van der Waals surface area (Å²) in [5, 5.41) is 0. The van der Waals surface area contributed by atoms with Gasteiger partial charge in [0, 0.05) is 17.3 Å². The number of ether oxygens (including phenoxy) is 1. The molecule has 1 saturated heterocycles. The Morgan fingerprint density at radius 3 is 3.11 bits per heavy atom. The highest BCUT2D eigenvalue weighted by molar-refractivity contribution is 9.10. The maximum atomic E-state index is 6.02. The Morgan fingerprint density at radius 1 is 1.61 bits per heavy atom. The van der Waals surface area contributed by atoms with E-state index >= 15 is 0 Å². The van der Waals surface area contributed by atoms with Crippen molar-refractivity contribution in [3.63, 3.8) is 0 Å². The SMILES string of the molecule is CC1(n2c(CCl)nc3cc(Br)cnc32)CCOC1. The van der Waals surface area contributed by atoms with Gasteiger partial charge in [-0.2, -0.15) is 0 Å². The summed E-state index contributed by atoms with van der Waals surface area (Å²) in [5.41, 5.74) is 1.65. The predicted octanol–water partition coefficient (Wildman–Crippen LogP) is 3.07. The summed E-state index contributed by atoms with van der Waals surface area (Å²) in [7, 11) is 0. The number of halogens is 2. The van der Waals surface area contributed by atoms with E-state index in [1.54, 1.807) is 6.20 Å². The Balaban J connectivity index is 2.25. The molecule has 1 unspecified atom stereocenters. The fourth-order valence-corrected chi connectivity index (χ4v) is 2.98. The van der Waals surface area contributed by atoms with Gasteiger partial charge in [0.2, 0.25) is 0 Å². The highest BCUT2D eigenvalue weighted by atomic mass is 79.9. The lowest BCUT2D eigenvalue weighted by atomic mass is 10.0. The smallest absolute Gasteiger partial charge is 0.160 e. The van der Waals surface area contributed by atoms with E-state index < -0.39 is 0 Å². The Labute approximate surface area is 118 Å². The molecule has 6 heteroatoms. The third kappa shape index (κ3) is 1.85. The average molecular weight is 331 g/mol. The first-order valence-electron chi connectivity index (χ1n) is 5.81. The van der Waals surface area contributed by atoms with Gasteiger partial charge in [-0.15, -0.1) is 11.6 Å². The second kappa shape index (κ2) is 4.47. The van der Waals surface area contributed by atoms with Crippen molar-refractivity contribution < 1.29 is 4.74 Å². The summed E-state index contributed by atoms with van der Waals surface area (Å²) >= 11 is 9.44. The van der Waals surface area contributed by atoms with E-state index in [1.165, 1.54) is 0 Å². The van der Waals surface area contributed by atoms with Crippen molar-refractivity contribution in [3.05, 3.63) is 22.6 Å². The van der Waals surface area contributed by atoms with Crippen LogP contribution in [0.5, 0.6) is 0 Å². The maximum Gasteiger partial charge on any atom is 0.160 e. The number of aromatic nitrogens is 3. The predicted molar refractivity (Wildman–Crippen MR) is 73.9 cm³/mol. The first kappa shape index (κ1) is 12.4. The van der Waals surface area contributed by atoms with E-state index in [1.807, 2.05) is 6.07 Å². The van der Waals surface area contributed by atoms with Gasteiger partial charge in [-0.3, -0.25) is 0 Å². The zero-order chi connectivity index (χ0) is 12.8. The number of fused-ring (bicyclic) bond motifs is 1. The van der Waals surface area contributed by atoms with Crippen LogP contribution in [0.1, 0.15) is 19.2 Å². The number of rotatable bonds is 2. The third-order valence-corrected chi connectivity index (χ3v) is 4.06. The normalized spacial score (nSPS) is 23.9. The van der Waals surface area contributed by atoms with Crippen LogP contribution < -0.4 is 0 Å². The summed E-state index contributed by atoms with van der Waals surface area (Å²) in [6.45, 7) is 3.62. The lowest BCUT2D eigenvalue weighted by Gasteiger charge is -2.26. The molecular weight excluding hydrogens is 318 g/mol. The monoisotopic (exact) mass is 329 g/mol. The highest BCUT2D eigenvalue weighted by Crippen LogP contribution is 2.32. The van der Waals surface area contributed by atoms with E-state index in [9.17, 15) is 0 Å². The molecule has 3 heterocycles. The summed E-state index contributed by atoms with van der Waals surface area (Å²) in [6, 6.07) is 1.97. The van der Waals surface area contributed by atoms with Crippen molar-refractivity contribution in [2.24, 2.45) is 0 Å². The molecule has 0 spiro atoms. The van der Waals surface area contributed by atoms with Crippen molar-refractivity contribution in [1.82, 2.24) is 14.5 Å². The first-order valence-corrected chi connectivity index (χ1v) is 7.14. The van der Waals surface area contributed by atoms with Crippen LogP contribution in [0.4, 0.5) is 0 Å².